The third-order valence-electron chi connectivity index (χ3n) is 7.83. The zero-order chi connectivity index (χ0) is 28.5. The number of likely N-dealkylation sites (tertiary alicyclic amines) is 1. The highest BCUT2D eigenvalue weighted by molar-refractivity contribution is 6.00. The van der Waals surface area contributed by atoms with Gasteiger partial charge in [-0.05, 0) is 63.1 Å². The molecule has 214 valence electrons. The van der Waals surface area contributed by atoms with Gasteiger partial charge in [0.25, 0.3) is 5.91 Å². The highest BCUT2D eigenvalue weighted by Crippen LogP contribution is 2.34. The maximum absolute atomic E-state index is 13.5. The van der Waals surface area contributed by atoms with Crippen molar-refractivity contribution in [3.63, 3.8) is 0 Å². The van der Waals surface area contributed by atoms with Crippen LogP contribution in [0.4, 0.5) is 4.79 Å². The first-order valence-corrected chi connectivity index (χ1v) is 14.3. The molecule has 0 radical (unpaired) electrons. The molecule has 4 rings (SSSR count). The van der Waals surface area contributed by atoms with Crippen LogP contribution in [0, 0.1) is 6.92 Å². The van der Waals surface area contributed by atoms with Crippen molar-refractivity contribution < 1.29 is 23.9 Å². The number of ether oxygens (including phenoxy) is 1. The van der Waals surface area contributed by atoms with Gasteiger partial charge >= 0.3 is 6.09 Å². The molecule has 2 fully saturated rings. The van der Waals surface area contributed by atoms with Crippen LogP contribution in [0.25, 0.3) is 0 Å². The molecule has 0 aliphatic carbocycles. The summed E-state index contributed by atoms with van der Waals surface area (Å²) in [6.45, 7) is 5.96. The summed E-state index contributed by atoms with van der Waals surface area (Å²) in [5, 5.41) is 5.73. The molecule has 2 heterocycles. The Kier molecular flexibility index (Phi) is 9.79. The van der Waals surface area contributed by atoms with Gasteiger partial charge in [0.1, 0.15) is 18.2 Å². The first kappa shape index (κ1) is 29.1. The van der Waals surface area contributed by atoms with Gasteiger partial charge < -0.3 is 25.2 Å². The molecule has 0 aromatic heterocycles. The SMILES string of the molecule is CCCN1C(=O)[C@H](CCCCNC(=O)OCc2ccccc2)NC(=O)C12CCN(C(=O)c1ccc(C)cc1)CC2. The molecular weight excluding hydrogens is 508 g/mol. The van der Waals surface area contributed by atoms with E-state index in [0.717, 1.165) is 17.5 Å². The maximum Gasteiger partial charge on any atom is 0.407 e. The zero-order valence-corrected chi connectivity index (χ0v) is 23.5. The standard InChI is InChI=1S/C31H40N4O5/c1-3-19-35-28(37)26(11-7-8-18-32-30(39)40-22-24-9-5-4-6-10-24)33-29(38)31(35)16-20-34(21-17-31)27(36)25-14-12-23(2)13-15-25/h4-6,9-10,12-15,26H,3,7-8,11,16-22H2,1-2H3,(H,32,39)(H,33,38)/t26-/m0/s1. The maximum atomic E-state index is 13.5. The summed E-state index contributed by atoms with van der Waals surface area (Å²) in [7, 11) is 0. The number of carbonyl (C=O) groups is 4. The quantitative estimate of drug-likeness (QED) is 0.439. The second-order valence-electron chi connectivity index (χ2n) is 10.7. The topological polar surface area (TPSA) is 108 Å². The van der Waals surface area contributed by atoms with Crippen molar-refractivity contribution in [2.24, 2.45) is 0 Å². The summed E-state index contributed by atoms with van der Waals surface area (Å²) in [6, 6.07) is 16.4. The Morgan fingerprint density at radius 3 is 2.40 bits per heavy atom. The molecule has 40 heavy (non-hydrogen) atoms. The van der Waals surface area contributed by atoms with Crippen LogP contribution in [-0.2, 0) is 20.9 Å². The van der Waals surface area contributed by atoms with Gasteiger partial charge in [0, 0.05) is 31.7 Å². The number of piperidine rings is 1. The van der Waals surface area contributed by atoms with E-state index in [0.29, 0.717) is 63.8 Å². The van der Waals surface area contributed by atoms with E-state index in [1.165, 1.54) is 0 Å². The summed E-state index contributed by atoms with van der Waals surface area (Å²) in [5.41, 5.74) is 1.73. The number of unbranched alkanes of at least 4 members (excludes halogenated alkanes) is 1. The Bertz CT molecular complexity index is 1180. The molecule has 0 unspecified atom stereocenters. The Balaban J connectivity index is 1.25. The number of hydrogen-bond acceptors (Lipinski definition) is 5. The zero-order valence-electron chi connectivity index (χ0n) is 23.5. The summed E-state index contributed by atoms with van der Waals surface area (Å²) >= 11 is 0. The normalized spacial score (nSPS) is 18.4. The van der Waals surface area contributed by atoms with Crippen LogP contribution >= 0.6 is 0 Å². The van der Waals surface area contributed by atoms with Gasteiger partial charge in [-0.3, -0.25) is 14.4 Å². The van der Waals surface area contributed by atoms with E-state index < -0.39 is 17.7 Å². The molecule has 9 heteroatoms. The van der Waals surface area contributed by atoms with Crippen LogP contribution < -0.4 is 10.6 Å². The summed E-state index contributed by atoms with van der Waals surface area (Å²) in [6.07, 6.45) is 2.94. The first-order valence-electron chi connectivity index (χ1n) is 14.3. The number of carbonyl (C=O) groups excluding carboxylic acids is 4. The average molecular weight is 549 g/mol. The highest BCUT2D eigenvalue weighted by Gasteiger charge is 2.53. The number of nitrogens with zero attached hydrogens (tertiary/aromatic N) is 2. The summed E-state index contributed by atoms with van der Waals surface area (Å²) < 4.78 is 5.22. The van der Waals surface area contributed by atoms with E-state index in [4.69, 9.17) is 4.74 Å². The van der Waals surface area contributed by atoms with Crippen LogP contribution in [0.2, 0.25) is 0 Å². The third-order valence-corrected chi connectivity index (χ3v) is 7.83. The molecule has 2 aromatic carbocycles. The Labute approximate surface area is 236 Å². The van der Waals surface area contributed by atoms with Crippen LogP contribution in [-0.4, -0.2) is 71.4 Å². The summed E-state index contributed by atoms with van der Waals surface area (Å²) in [4.78, 5) is 55.5. The van der Waals surface area contributed by atoms with E-state index in [9.17, 15) is 19.2 Å². The van der Waals surface area contributed by atoms with Crippen LogP contribution in [0.1, 0.15) is 66.9 Å². The number of piperazine rings is 1. The second kappa shape index (κ2) is 13.5. The number of rotatable bonds is 10. The molecule has 9 nitrogen and oxygen atoms in total. The minimum atomic E-state index is -0.919. The van der Waals surface area contributed by atoms with Crippen LogP contribution in [0.15, 0.2) is 54.6 Å². The first-order chi connectivity index (χ1) is 19.3. The number of alkyl carbamates (subject to hydrolysis) is 1. The van der Waals surface area contributed by atoms with Gasteiger partial charge in [0.15, 0.2) is 0 Å². The molecule has 2 aromatic rings. The monoisotopic (exact) mass is 548 g/mol. The molecule has 1 atom stereocenters. The number of benzene rings is 2. The molecule has 2 saturated heterocycles. The minimum Gasteiger partial charge on any atom is -0.445 e. The van der Waals surface area contributed by atoms with Gasteiger partial charge in [0.05, 0.1) is 0 Å². The van der Waals surface area contributed by atoms with Crippen molar-refractivity contribution in [2.75, 3.05) is 26.2 Å². The second-order valence-corrected chi connectivity index (χ2v) is 10.7. The van der Waals surface area contributed by atoms with Crippen molar-refractivity contribution in [1.29, 1.82) is 0 Å². The number of amides is 4. The van der Waals surface area contributed by atoms with Gasteiger partial charge in [-0.2, -0.15) is 0 Å². The van der Waals surface area contributed by atoms with Crippen molar-refractivity contribution in [1.82, 2.24) is 20.4 Å². The van der Waals surface area contributed by atoms with Gasteiger partial charge in [-0.15, -0.1) is 0 Å². The molecule has 0 saturated carbocycles. The Hall–Kier alpha value is -3.88. The van der Waals surface area contributed by atoms with E-state index in [-0.39, 0.29) is 24.3 Å². The lowest BCUT2D eigenvalue weighted by atomic mass is 9.81. The van der Waals surface area contributed by atoms with Crippen LogP contribution in [0.3, 0.4) is 0 Å². The van der Waals surface area contributed by atoms with E-state index >= 15 is 0 Å². The molecular formula is C31H40N4O5. The van der Waals surface area contributed by atoms with Crippen molar-refractivity contribution >= 4 is 23.8 Å². The fraction of sp³-hybridized carbons (Fsp3) is 0.484. The van der Waals surface area contributed by atoms with Crippen LogP contribution in [0.5, 0.6) is 0 Å². The van der Waals surface area contributed by atoms with Crippen molar-refractivity contribution in [3.8, 4) is 0 Å². The average Bonchev–Trinajstić information content (AvgIpc) is 2.97. The molecule has 2 aliphatic rings. The fourth-order valence-corrected chi connectivity index (χ4v) is 5.51. The van der Waals surface area contributed by atoms with Crippen molar-refractivity contribution in [3.05, 3.63) is 71.3 Å². The van der Waals surface area contributed by atoms with E-state index in [2.05, 4.69) is 10.6 Å². The fourth-order valence-electron chi connectivity index (χ4n) is 5.51. The lowest BCUT2D eigenvalue weighted by Gasteiger charge is -2.51. The lowest BCUT2D eigenvalue weighted by Crippen LogP contribution is -2.73. The predicted octanol–water partition coefficient (Wildman–Crippen LogP) is 3.80. The largest absolute Gasteiger partial charge is 0.445 e. The van der Waals surface area contributed by atoms with E-state index in [1.807, 2.05) is 68.4 Å². The smallest absolute Gasteiger partial charge is 0.407 e. The van der Waals surface area contributed by atoms with Gasteiger partial charge in [-0.25, -0.2) is 4.79 Å². The Morgan fingerprint density at radius 1 is 1.02 bits per heavy atom. The Morgan fingerprint density at radius 2 is 1.73 bits per heavy atom. The number of hydrogen-bond donors (Lipinski definition) is 2. The molecule has 2 aliphatic heterocycles. The van der Waals surface area contributed by atoms with Gasteiger partial charge in [0.2, 0.25) is 11.8 Å². The molecule has 0 bridgehead atoms. The lowest BCUT2D eigenvalue weighted by molar-refractivity contribution is -0.161. The summed E-state index contributed by atoms with van der Waals surface area (Å²) in [5.74, 6) is -0.236. The molecule has 2 N–H and O–H groups in total. The highest BCUT2D eigenvalue weighted by atomic mass is 16.5. The molecule has 4 amide bonds. The number of nitrogens with one attached hydrogen (secondary N) is 2. The van der Waals surface area contributed by atoms with Gasteiger partial charge in [-0.1, -0.05) is 55.0 Å². The number of aryl methyl sites for hydroxylation is 1. The van der Waals surface area contributed by atoms with E-state index in [1.54, 1.807) is 9.80 Å². The predicted molar refractivity (Wildman–Crippen MR) is 151 cm³/mol. The minimum absolute atomic E-state index is 0.0464. The third kappa shape index (κ3) is 6.81. The van der Waals surface area contributed by atoms with Crippen molar-refractivity contribution in [2.45, 2.75) is 70.6 Å². The molecule has 1 spiro atoms.